The molecule has 0 saturated heterocycles. The number of ether oxygens (including phenoxy) is 2. The van der Waals surface area contributed by atoms with Crippen molar-refractivity contribution in [3.63, 3.8) is 0 Å². The molecule has 0 heterocycles. The van der Waals surface area contributed by atoms with Crippen LogP contribution in [-0.4, -0.2) is 38.0 Å². The van der Waals surface area contributed by atoms with Crippen molar-refractivity contribution in [1.29, 1.82) is 0 Å². The maximum atomic E-state index is 9.44. The summed E-state index contributed by atoms with van der Waals surface area (Å²) in [4.78, 5) is 0. The molecule has 1 atom stereocenters. The number of methoxy groups -OCH3 is 1. The van der Waals surface area contributed by atoms with Crippen LogP contribution >= 0.6 is 0 Å². The molecule has 19 heavy (non-hydrogen) atoms. The summed E-state index contributed by atoms with van der Waals surface area (Å²) in [7, 11) is 3.53. The van der Waals surface area contributed by atoms with E-state index in [1.807, 2.05) is 31.3 Å². The lowest BCUT2D eigenvalue weighted by atomic mass is 9.92. The summed E-state index contributed by atoms with van der Waals surface area (Å²) in [6.07, 6.45) is 2.69. The lowest BCUT2D eigenvalue weighted by Crippen LogP contribution is -2.46. The fourth-order valence-corrected chi connectivity index (χ4v) is 2.04. The molecule has 1 aromatic carbocycles. The Bertz CT molecular complexity index is 356. The minimum Gasteiger partial charge on any atom is -0.497 e. The number of nitrogens with one attached hydrogen (secondary N) is 1. The Morgan fingerprint density at radius 3 is 2.63 bits per heavy atom. The Labute approximate surface area is 115 Å². The Kier molecular flexibility index (Phi) is 6.67. The van der Waals surface area contributed by atoms with Crippen LogP contribution in [0.5, 0.6) is 11.5 Å². The summed E-state index contributed by atoms with van der Waals surface area (Å²) in [5, 5.41) is 12.6. The third-order valence-electron chi connectivity index (χ3n) is 3.62. The molecule has 1 unspecified atom stereocenters. The van der Waals surface area contributed by atoms with Crippen molar-refractivity contribution in [2.45, 2.75) is 31.7 Å². The molecule has 4 heteroatoms. The molecule has 0 fully saturated rings. The Morgan fingerprint density at radius 1 is 1.32 bits per heavy atom. The second-order valence-electron chi connectivity index (χ2n) is 4.67. The molecular weight excluding hydrogens is 242 g/mol. The van der Waals surface area contributed by atoms with Crippen molar-refractivity contribution >= 4 is 0 Å². The molecule has 0 aliphatic carbocycles. The Hall–Kier alpha value is -1.26. The van der Waals surface area contributed by atoms with Gasteiger partial charge >= 0.3 is 0 Å². The van der Waals surface area contributed by atoms with Gasteiger partial charge < -0.3 is 19.9 Å². The highest BCUT2D eigenvalue weighted by Gasteiger charge is 2.24. The first-order valence-corrected chi connectivity index (χ1v) is 6.76. The number of aliphatic hydroxyl groups is 1. The van der Waals surface area contributed by atoms with Gasteiger partial charge in [0.15, 0.2) is 0 Å². The second kappa shape index (κ2) is 8.02. The van der Waals surface area contributed by atoms with Gasteiger partial charge in [-0.1, -0.05) is 13.0 Å². The van der Waals surface area contributed by atoms with E-state index in [9.17, 15) is 5.11 Å². The molecule has 0 amide bonds. The predicted molar refractivity (Wildman–Crippen MR) is 76.9 cm³/mol. The van der Waals surface area contributed by atoms with Crippen molar-refractivity contribution in [3.05, 3.63) is 24.3 Å². The number of rotatable bonds is 9. The summed E-state index contributed by atoms with van der Waals surface area (Å²) in [5.74, 6) is 1.61. The largest absolute Gasteiger partial charge is 0.497 e. The van der Waals surface area contributed by atoms with E-state index in [1.165, 1.54) is 0 Å². The van der Waals surface area contributed by atoms with Gasteiger partial charge in [0, 0.05) is 11.6 Å². The van der Waals surface area contributed by atoms with E-state index < -0.39 is 0 Å². The first-order chi connectivity index (χ1) is 9.19. The average molecular weight is 267 g/mol. The lowest BCUT2D eigenvalue weighted by Gasteiger charge is -2.30. The minimum atomic E-state index is -0.183. The van der Waals surface area contributed by atoms with Gasteiger partial charge in [-0.25, -0.2) is 0 Å². The molecule has 0 radical (unpaired) electrons. The number of likely N-dealkylation sites (N-methyl/N-ethyl adjacent to an activating group) is 1. The van der Waals surface area contributed by atoms with Crippen LogP contribution < -0.4 is 14.8 Å². The zero-order valence-electron chi connectivity index (χ0n) is 12.1. The highest BCUT2D eigenvalue weighted by atomic mass is 16.5. The summed E-state index contributed by atoms with van der Waals surface area (Å²) < 4.78 is 10.8. The molecule has 0 bridgehead atoms. The Balaban J connectivity index is 2.37. The van der Waals surface area contributed by atoms with Gasteiger partial charge in [-0.3, -0.25) is 0 Å². The van der Waals surface area contributed by atoms with Crippen LogP contribution in [-0.2, 0) is 0 Å². The zero-order valence-corrected chi connectivity index (χ0v) is 12.1. The van der Waals surface area contributed by atoms with Gasteiger partial charge in [0.25, 0.3) is 0 Å². The smallest absolute Gasteiger partial charge is 0.122 e. The molecule has 108 valence electrons. The van der Waals surface area contributed by atoms with Gasteiger partial charge in [0.2, 0.25) is 0 Å². The molecule has 1 rings (SSSR count). The third-order valence-corrected chi connectivity index (χ3v) is 3.62. The number of benzene rings is 1. The average Bonchev–Trinajstić information content (AvgIpc) is 2.48. The molecule has 0 spiro atoms. The maximum Gasteiger partial charge on any atom is 0.122 e. The standard InChI is InChI=1S/C15H25NO3/c1-4-15(12-17,16-2)9-6-10-19-14-8-5-7-13(11-14)18-3/h5,7-8,11,16-17H,4,6,9-10,12H2,1-3H3. The van der Waals surface area contributed by atoms with E-state index >= 15 is 0 Å². The molecule has 0 aliphatic heterocycles. The van der Waals surface area contributed by atoms with Crippen molar-refractivity contribution in [1.82, 2.24) is 5.32 Å². The fourth-order valence-electron chi connectivity index (χ4n) is 2.04. The lowest BCUT2D eigenvalue weighted by molar-refractivity contribution is 0.145. The van der Waals surface area contributed by atoms with E-state index in [1.54, 1.807) is 7.11 Å². The molecular formula is C15H25NO3. The normalized spacial score (nSPS) is 13.9. The van der Waals surface area contributed by atoms with E-state index in [0.717, 1.165) is 30.8 Å². The fraction of sp³-hybridized carbons (Fsp3) is 0.600. The van der Waals surface area contributed by atoms with E-state index in [-0.39, 0.29) is 12.1 Å². The molecule has 0 aliphatic rings. The summed E-state index contributed by atoms with van der Waals surface area (Å²) in [5.41, 5.74) is -0.183. The van der Waals surface area contributed by atoms with E-state index in [0.29, 0.717) is 6.61 Å². The number of aliphatic hydroxyl groups excluding tert-OH is 1. The van der Waals surface area contributed by atoms with Crippen LogP contribution in [0.4, 0.5) is 0 Å². The zero-order chi connectivity index (χ0) is 14.1. The van der Waals surface area contributed by atoms with E-state index in [2.05, 4.69) is 12.2 Å². The summed E-state index contributed by atoms with van der Waals surface area (Å²) >= 11 is 0. The number of hydrogen-bond donors (Lipinski definition) is 2. The monoisotopic (exact) mass is 267 g/mol. The minimum absolute atomic E-state index is 0.152. The van der Waals surface area contributed by atoms with Gasteiger partial charge in [0.1, 0.15) is 11.5 Å². The van der Waals surface area contributed by atoms with Crippen LogP contribution in [0.3, 0.4) is 0 Å². The molecule has 0 aromatic heterocycles. The van der Waals surface area contributed by atoms with Crippen molar-refractivity contribution < 1.29 is 14.6 Å². The van der Waals surface area contributed by atoms with Gasteiger partial charge in [-0.05, 0) is 38.4 Å². The van der Waals surface area contributed by atoms with Crippen molar-refractivity contribution in [3.8, 4) is 11.5 Å². The SMILES string of the molecule is CCC(CO)(CCCOc1cccc(OC)c1)NC. The van der Waals surface area contributed by atoms with Crippen LogP contribution in [0.15, 0.2) is 24.3 Å². The molecule has 1 aromatic rings. The van der Waals surface area contributed by atoms with Crippen LogP contribution in [0.1, 0.15) is 26.2 Å². The maximum absolute atomic E-state index is 9.44. The Morgan fingerprint density at radius 2 is 2.05 bits per heavy atom. The quantitative estimate of drug-likeness (QED) is 0.674. The van der Waals surface area contributed by atoms with Gasteiger partial charge in [0.05, 0.1) is 20.3 Å². The summed E-state index contributed by atoms with van der Waals surface area (Å²) in [6.45, 7) is 2.87. The van der Waals surface area contributed by atoms with Crippen LogP contribution in [0, 0.1) is 0 Å². The van der Waals surface area contributed by atoms with Crippen LogP contribution in [0.2, 0.25) is 0 Å². The van der Waals surface area contributed by atoms with Crippen LogP contribution in [0.25, 0.3) is 0 Å². The molecule has 4 nitrogen and oxygen atoms in total. The van der Waals surface area contributed by atoms with Crippen molar-refractivity contribution in [2.75, 3.05) is 27.4 Å². The first-order valence-electron chi connectivity index (χ1n) is 6.76. The van der Waals surface area contributed by atoms with E-state index in [4.69, 9.17) is 9.47 Å². The van der Waals surface area contributed by atoms with Gasteiger partial charge in [-0.2, -0.15) is 0 Å². The molecule has 0 saturated carbocycles. The second-order valence-corrected chi connectivity index (χ2v) is 4.67. The third kappa shape index (κ3) is 4.73. The van der Waals surface area contributed by atoms with Crippen molar-refractivity contribution in [2.24, 2.45) is 0 Å². The number of hydrogen-bond acceptors (Lipinski definition) is 4. The summed E-state index contributed by atoms with van der Waals surface area (Å²) in [6, 6.07) is 7.59. The topological polar surface area (TPSA) is 50.7 Å². The van der Waals surface area contributed by atoms with Gasteiger partial charge in [-0.15, -0.1) is 0 Å². The highest BCUT2D eigenvalue weighted by Crippen LogP contribution is 2.20. The first kappa shape index (κ1) is 15.8. The highest BCUT2D eigenvalue weighted by molar-refractivity contribution is 5.32. The molecule has 2 N–H and O–H groups in total. The predicted octanol–water partition coefficient (Wildman–Crippen LogP) is 2.21.